The smallest absolute Gasteiger partial charge is 0.0920 e. The molecular formula is C7H17N3. The summed E-state index contributed by atoms with van der Waals surface area (Å²) in [4.78, 5) is 1.75. The molecule has 0 amide bonds. The molecule has 2 N–H and O–H groups in total. The van der Waals surface area contributed by atoms with E-state index < -0.39 is 0 Å². The van der Waals surface area contributed by atoms with E-state index in [9.17, 15) is 0 Å². The predicted octanol–water partition coefficient (Wildman–Crippen LogP) is 1.59. The fraction of sp³-hybridized carbons (Fsp3) is 0.714. The lowest BCUT2D eigenvalue weighted by molar-refractivity contribution is 0.613. The number of nitrogens with one attached hydrogen (secondary N) is 2. The maximum atomic E-state index is 6.88. The van der Waals surface area contributed by atoms with E-state index in [0.717, 1.165) is 0 Å². The lowest BCUT2D eigenvalue weighted by atomic mass is 10.5. The summed E-state index contributed by atoms with van der Waals surface area (Å²) in [5, 5.41) is 13.4. The zero-order valence-electron chi connectivity index (χ0n) is 7.45. The third-order valence-electron chi connectivity index (χ3n) is 0.671. The molecule has 0 heterocycles. The van der Waals surface area contributed by atoms with Crippen molar-refractivity contribution in [2.24, 2.45) is 0 Å². The summed E-state index contributed by atoms with van der Waals surface area (Å²) in [6, 6.07) is 0. The van der Waals surface area contributed by atoms with Gasteiger partial charge in [-0.1, -0.05) is 0 Å². The summed E-state index contributed by atoms with van der Waals surface area (Å²) in [6.07, 6.45) is 0. The molecule has 60 valence electrons. The lowest BCUT2D eigenvalue weighted by Crippen LogP contribution is -2.16. The van der Waals surface area contributed by atoms with Crippen LogP contribution in [0.4, 0.5) is 0 Å². The monoisotopic (exact) mass is 143 g/mol. The second-order valence-corrected chi connectivity index (χ2v) is 2.48. The lowest BCUT2D eigenvalue weighted by Gasteiger charge is -2.06. The van der Waals surface area contributed by atoms with Gasteiger partial charge in [0.05, 0.1) is 5.84 Å². The van der Waals surface area contributed by atoms with Crippen LogP contribution >= 0.6 is 0 Å². The Morgan fingerprint density at radius 1 is 1.00 bits per heavy atom. The molecule has 3 nitrogen and oxygen atoms in total. The van der Waals surface area contributed by atoms with Crippen molar-refractivity contribution in [2.45, 2.75) is 20.8 Å². The van der Waals surface area contributed by atoms with E-state index in [0.29, 0.717) is 11.5 Å². The van der Waals surface area contributed by atoms with Crippen molar-refractivity contribution in [3.63, 3.8) is 0 Å². The molecule has 10 heavy (non-hydrogen) atoms. The normalized spacial score (nSPS) is 7.30. The minimum Gasteiger partial charge on any atom is -0.367 e. The van der Waals surface area contributed by atoms with Gasteiger partial charge in [-0.2, -0.15) is 0 Å². The third-order valence-corrected chi connectivity index (χ3v) is 0.671. The van der Waals surface area contributed by atoms with Crippen LogP contribution in [0.2, 0.25) is 0 Å². The van der Waals surface area contributed by atoms with Crippen LogP contribution in [0.1, 0.15) is 20.8 Å². The van der Waals surface area contributed by atoms with Gasteiger partial charge in [-0.3, -0.25) is 5.41 Å². The SMILES string of the molecule is CC(=N)N(C)C.CC(C)=N. The first-order valence-corrected chi connectivity index (χ1v) is 3.12. The molecular weight excluding hydrogens is 126 g/mol. The van der Waals surface area contributed by atoms with Gasteiger partial charge in [-0.25, -0.2) is 0 Å². The van der Waals surface area contributed by atoms with Crippen molar-refractivity contribution in [2.75, 3.05) is 14.1 Å². The van der Waals surface area contributed by atoms with Crippen LogP contribution in [-0.2, 0) is 0 Å². The fourth-order valence-electron chi connectivity index (χ4n) is 0. The first-order valence-electron chi connectivity index (χ1n) is 3.12. The van der Waals surface area contributed by atoms with E-state index in [1.807, 2.05) is 14.1 Å². The molecule has 0 aliphatic rings. The number of rotatable bonds is 0. The Morgan fingerprint density at radius 2 is 1.10 bits per heavy atom. The minimum absolute atomic E-state index is 0.593. The van der Waals surface area contributed by atoms with E-state index in [4.69, 9.17) is 10.8 Å². The minimum atomic E-state index is 0.593. The van der Waals surface area contributed by atoms with Gasteiger partial charge in [0, 0.05) is 19.8 Å². The van der Waals surface area contributed by atoms with Crippen molar-refractivity contribution in [1.82, 2.24) is 4.90 Å². The highest BCUT2D eigenvalue weighted by Crippen LogP contribution is 1.70. The van der Waals surface area contributed by atoms with Crippen LogP contribution in [0.25, 0.3) is 0 Å². The molecule has 3 heteroatoms. The van der Waals surface area contributed by atoms with Crippen molar-refractivity contribution < 1.29 is 0 Å². The molecule has 0 aliphatic carbocycles. The van der Waals surface area contributed by atoms with Gasteiger partial charge >= 0.3 is 0 Å². The van der Waals surface area contributed by atoms with Gasteiger partial charge in [-0.05, 0) is 20.8 Å². The molecule has 0 saturated carbocycles. The van der Waals surface area contributed by atoms with Gasteiger partial charge in [0.2, 0.25) is 0 Å². The summed E-state index contributed by atoms with van der Waals surface area (Å²) < 4.78 is 0. The van der Waals surface area contributed by atoms with E-state index in [-0.39, 0.29) is 0 Å². The van der Waals surface area contributed by atoms with Crippen LogP contribution < -0.4 is 0 Å². The zero-order chi connectivity index (χ0) is 8.73. The van der Waals surface area contributed by atoms with Crippen molar-refractivity contribution >= 4 is 11.5 Å². The molecule has 0 fully saturated rings. The Bertz CT molecular complexity index is 112. The van der Waals surface area contributed by atoms with Gasteiger partial charge in [0.15, 0.2) is 0 Å². The Hall–Kier alpha value is -0.860. The quantitative estimate of drug-likeness (QED) is 0.392. The second kappa shape index (κ2) is 6.26. The van der Waals surface area contributed by atoms with Crippen molar-refractivity contribution in [3.05, 3.63) is 0 Å². The van der Waals surface area contributed by atoms with E-state index in [1.54, 1.807) is 25.7 Å². The van der Waals surface area contributed by atoms with Crippen molar-refractivity contribution in [1.29, 1.82) is 10.8 Å². The highest BCUT2D eigenvalue weighted by atomic mass is 15.1. The first-order chi connectivity index (χ1) is 4.37. The molecule has 0 rings (SSSR count). The number of hydrogen-bond donors (Lipinski definition) is 2. The predicted molar refractivity (Wildman–Crippen MR) is 46.2 cm³/mol. The number of hydrogen-bond acceptors (Lipinski definition) is 2. The number of amidine groups is 1. The molecule has 0 unspecified atom stereocenters. The molecule has 0 radical (unpaired) electrons. The Labute approximate surface area is 63.1 Å². The summed E-state index contributed by atoms with van der Waals surface area (Å²) in [5.74, 6) is 0.593. The highest BCUT2D eigenvalue weighted by Gasteiger charge is 1.81. The van der Waals surface area contributed by atoms with E-state index in [2.05, 4.69) is 0 Å². The molecule has 0 aliphatic heterocycles. The average Bonchev–Trinajstić information content (AvgIpc) is 1.63. The third kappa shape index (κ3) is 27.3. The summed E-state index contributed by atoms with van der Waals surface area (Å²) in [5.41, 5.74) is 0.667. The van der Waals surface area contributed by atoms with Crippen LogP contribution in [0.3, 0.4) is 0 Å². The average molecular weight is 143 g/mol. The van der Waals surface area contributed by atoms with Crippen LogP contribution in [0.15, 0.2) is 0 Å². The maximum Gasteiger partial charge on any atom is 0.0920 e. The number of nitrogens with zero attached hydrogens (tertiary/aromatic N) is 1. The standard InChI is InChI=1S/C4H10N2.C3H7N/c1-4(5)6(2)3;1-3(2)4/h5H,1-3H3;4H,1-2H3. The Kier molecular flexibility index (Phi) is 7.44. The molecule has 0 aromatic rings. The van der Waals surface area contributed by atoms with Crippen LogP contribution in [0.5, 0.6) is 0 Å². The van der Waals surface area contributed by atoms with Crippen LogP contribution in [0, 0.1) is 10.8 Å². The summed E-state index contributed by atoms with van der Waals surface area (Å²) in [7, 11) is 3.70. The molecule has 0 aromatic heterocycles. The molecule has 0 saturated heterocycles. The summed E-state index contributed by atoms with van der Waals surface area (Å²) >= 11 is 0. The molecule has 0 spiro atoms. The van der Waals surface area contributed by atoms with Gasteiger partial charge in [-0.15, -0.1) is 0 Å². The molecule has 0 aromatic carbocycles. The van der Waals surface area contributed by atoms with Crippen LogP contribution in [-0.4, -0.2) is 30.5 Å². The Morgan fingerprint density at radius 3 is 1.10 bits per heavy atom. The van der Waals surface area contributed by atoms with E-state index >= 15 is 0 Å². The van der Waals surface area contributed by atoms with Gasteiger partial charge in [0.1, 0.15) is 0 Å². The zero-order valence-corrected chi connectivity index (χ0v) is 7.45. The van der Waals surface area contributed by atoms with Crippen molar-refractivity contribution in [3.8, 4) is 0 Å². The summed E-state index contributed by atoms with van der Waals surface area (Å²) in [6.45, 7) is 5.25. The Balaban J connectivity index is 0. The highest BCUT2D eigenvalue weighted by molar-refractivity contribution is 5.75. The molecule has 0 bridgehead atoms. The largest absolute Gasteiger partial charge is 0.367 e. The second-order valence-electron chi connectivity index (χ2n) is 2.48. The topological polar surface area (TPSA) is 50.9 Å². The van der Waals surface area contributed by atoms with Gasteiger partial charge < -0.3 is 10.3 Å². The van der Waals surface area contributed by atoms with E-state index in [1.165, 1.54) is 0 Å². The molecule has 0 atom stereocenters. The first kappa shape index (κ1) is 11.9. The maximum absolute atomic E-state index is 6.88. The fourth-order valence-corrected chi connectivity index (χ4v) is 0. The van der Waals surface area contributed by atoms with Gasteiger partial charge in [0.25, 0.3) is 0 Å².